The highest BCUT2D eigenvalue weighted by Gasteiger charge is 2.26. The van der Waals surface area contributed by atoms with E-state index in [0.717, 1.165) is 5.56 Å². The minimum atomic E-state index is -0.387. The van der Waals surface area contributed by atoms with Crippen LogP contribution in [0.5, 0.6) is 0 Å². The molecule has 0 aliphatic carbocycles. The second-order valence-corrected chi connectivity index (χ2v) is 7.20. The Balaban J connectivity index is 1.36. The monoisotopic (exact) mass is 427 g/mol. The number of tetrazole rings is 1. The van der Waals surface area contributed by atoms with E-state index in [1.807, 2.05) is 4.90 Å². The van der Waals surface area contributed by atoms with Crippen molar-refractivity contribution in [2.24, 2.45) is 0 Å². The average Bonchev–Trinajstić information content (AvgIpc) is 3.22. The van der Waals surface area contributed by atoms with E-state index in [1.54, 1.807) is 47.4 Å². The predicted molar refractivity (Wildman–Crippen MR) is 110 cm³/mol. The number of para-hydroxylation sites is 2. The van der Waals surface area contributed by atoms with Crippen molar-refractivity contribution in [3.8, 4) is 11.4 Å². The highest BCUT2D eigenvalue weighted by molar-refractivity contribution is 6.30. The third-order valence-corrected chi connectivity index (χ3v) is 5.14. The number of hydrogen-bond donors (Lipinski definition) is 0. The van der Waals surface area contributed by atoms with Crippen LogP contribution in [-0.2, 0) is 11.3 Å². The lowest BCUT2D eigenvalue weighted by Gasteiger charge is -2.35. The van der Waals surface area contributed by atoms with E-state index in [0.29, 0.717) is 42.7 Å². The summed E-state index contributed by atoms with van der Waals surface area (Å²) in [5.74, 6) is 0.290. The number of nitrogens with zero attached hydrogens (tertiary/aromatic N) is 7. The van der Waals surface area contributed by atoms with Gasteiger partial charge in [0.1, 0.15) is 12.2 Å². The van der Waals surface area contributed by atoms with Crippen molar-refractivity contribution in [2.45, 2.75) is 6.54 Å². The van der Waals surface area contributed by atoms with Gasteiger partial charge in [-0.2, -0.15) is 4.80 Å². The van der Waals surface area contributed by atoms with Crippen molar-refractivity contribution in [3.05, 3.63) is 63.7 Å². The van der Waals surface area contributed by atoms with Gasteiger partial charge in [-0.15, -0.1) is 10.2 Å². The second-order valence-electron chi connectivity index (χ2n) is 6.76. The molecule has 3 aromatic rings. The Hall–Kier alpha value is -3.53. The fraction of sp³-hybridized carbons (Fsp3) is 0.263. The van der Waals surface area contributed by atoms with E-state index >= 15 is 0 Å². The fourth-order valence-corrected chi connectivity index (χ4v) is 3.45. The topological polar surface area (TPSA) is 110 Å². The van der Waals surface area contributed by atoms with Crippen LogP contribution in [0, 0.1) is 10.1 Å². The summed E-state index contributed by atoms with van der Waals surface area (Å²) >= 11 is 5.88. The lowest BCUT2D eigenvalue weighted by atomic mass is 10.2. The van der Waals surface area contributed by atoms with Crippen LogP contribution in [0.1, 0.15) is 0 Å². The van der Waals surface area contributed by atoms with Crippen LogP contribution in [0.3, 0.4) is 0 Å². The van der Waals surface area contributed by atoms with Gasteiger partial charge in [-0.25, -0.2) is 0 Å². The number of nitro groups is 1. The Morgan fingerprint density at radius 1 is 1.07 bits per heavy atom. The number of halogens is 1. The van der Waals surface area contributed by atoms with Gasteiger partial charge in [0.05, 0.1) is 4.92 Å². The zero-order valence-corrected chi connectivity index (χ0v) is 16.6. The molecule has 10 nitrogen and oxygen atoms in total. The number of anilines is 1. The summed E-state index contributed by atoms with van der Waals surface area (Å²) in [4.78, 5) is 28.4. The highest BCUT2D eigenvalue weighted by atomic mass is 35.5. The number of aromatic nitrogens is 4. The molecule has 0 bridgehead atoms. The summed E-state index contributed by atoms with van der Waals surface area (Å²) in [6.45, 7) is 1.92. The SMILES string of the molecule is O=C(Cn1nnc(-c2ccc(Cl)cc2)n1)N1CCN(c2ccccc2[N+](=O)[O-])CC1. The van der Waals surface area contributed by atoms with Gasteiger partial charge in [0.15, 0.2) is 0 Å². The molecule has 1 aliphatic heterocycles. The van der Waals surface area contributed by atoms with Gasteiger partial charge in [0, 0.05) is 42.8 Å². The molecule has 0 saturated carbocycles. The summed E-state index contributed by atoms with van der Waals surface area (Å²) in [5.41, 5.74) is 1.40. The zero-order chi connectivity index (χ0) is 21.1. The molecule has 0 radical (unpaired) electrons. The van der Waals surface area contributed by atoms with Crippen LogP contribution < -0.4 is 4.90 Å². The first-order valence-electron chi connectivity index (χ1n) is 9.31. The lowest BCUT2D eigenvalue weighted by molar-refractivity contribution is -0.384. The molecule has 30 heavy (non-hydrogen) atoms. The normalized spacial score (nSPS) is 14.0. The maximum absolute atomic E-state index is 12.6. The molecule has 0 N–H and O–H groups in total. The van der Waals surface area contributed by atoms with Crippen LogP contribution in [0.15, 0.2) is 48.5 Å². The van der Waals surface area contributed by atoms with Gasteiger partial charge in [0.25, 0.3) is 5.69 Å². The van der Waals surface area contributed by atoms with Gasteiger partial charge < -0.3 is 9.80 Å². The molecule has 4 rings (SSSR count). The number of piperazine rings is 1. The van der Waals surface area contributed by atoms with Crippen molar-refractivity contribution < 1.29 is 9.72 Å². The molecule has 0 atom stereocenters. The molecule has 2 aromatic carbocycles. The Labute approximate surface area is 176 Å². The summed E-state index contributed by atoms with van der Waals surface area (Å²) in [7, 11) is 0. The molecule has 2 heterocycles. The summed E-state index contributed by atoms with van der Waals surface area (Å²) in [6.07, 6.45) is 0. The number of benzene rings is 2. The van der Waals surface area contributed by atoms with E-state index in [4.69, 9.17) is 11.6 Å². The number of amides is 1. The summed E-state index contributed by atoms with van der Waals surface area (Å²) in [5, 5.41) is 24.1. The number of nitro benzene ring substituents is 1. The molecule has 0 unspecified atom stereocenters. The number of rotatable bonds is 5. The minimum Gasteiger partial charge on any atom is -0.362 e. The van der Waals surface area contributed by atoms with E-state index in [-0.39, 0.29) is 23.1 Å². The summed E-state index contributed by atoms with van der Waals surface area (Å²) < 4.78 is 0. The highest BCUT2D eigenvalue weighted by Crippen LogP contribution is 2.28. The van der Waals surface area contributed by atoms with Crippen molar-refractivity contribution >= 4 is 28.9 Å². The Bertz CT molecular complexity index is 1060. The molecule has 11 heteroatoms. The molecular weight excluding hydrogens is 410 g/mol. The Morgan fingerprint density at radius 2 is 1.77 bits per heavy atom. The lowest BCUT2D eigenvalue weighted by Crippen LogP contribution is -2.49. The van der Waals surface area contributed by atoms with E-state index in [2.05, 4.69) is 15.4 Å². The maximum atomic E-state index is 12.6. The Morgan fingerprint density at radius 3 is 2.47 bits per heavy atom. The van der Waals surface area contributed by atoms with Crippen molar-refractivity contribution in [2.75, 3.05) is 31.1 Å². The average molecular weight is 428 g/mol. The fourth-order valence-electron chi connectivity index (χ4n) is 3.33. The third kappa shape index (κ3) is 4.23. The Kier molecular flexibility index (Phi) is 5.57. The molecule has 1 aliphatic rings. The van der Waals surface area contributed by atoms with E-state index < -0.39 is 0 Å². The third-order valence-electron chi connectivity index (χ3n) is 4.88. The van der Waals surface area contributed by atoms with Gasteiger partial charge in [-0.1, -0.05) is 23.7 Å². The van der Waals surface area contributed by atoms with Crippen LogP contribution in [0.2, 0.25) is 5.02 Å². The largest absolute Gasteiger partial charge is 0.362 e. The second kappa shape index (κ2) is 8.46. The number of carbonyl (C=O) groups excluding carboxylic acids is 1. The van der Waals surface area contributed by atoms with E-state index in [9.17, 15) is 14.9 Å². The molecule has 154 valence electrons. The smallest absolute Gasteiger partial charge is 0.292 e. The quantitative estimate of drug-likeness (QED) is 0.453. The number of hydrogen-bond acceptors (Lipinski definition) is 7. The first-order chi connectivity index (χ1) is 14.5. The van der Waals surface area contributed by atoms with Gasteiger partial charge in [-0.3, -0.25) is 14.9 Å². The molecule has 1 fully saturated rings. The van der Waals surface area contributed by atoms with Crippen molar-refractivity contribution in [1.29, 1.82) is 0 Å². The maximum Gasteiger partial charge on any atom is 0.292 e. The zero-order valence-electron chi connectivity index (χ0n) is 15.9. The van der Waals surface area contributed by atoms with Gasteiger partial charge >= 0.3 is 0 Å². The molecule has 1 amide bonds. The van der Waals surface area contributed by atoms with Crippen LogP contribution >= 0.6 is 11.6 Å². The van der Waals surface area contributed by atoms with Crippen LogP contribution in [0.4, 0.5) is 11.4 Å². The van der Waals surface area contributed by atoms with E-state index in [1.165, 1.54) is 10.9 Å². The molecule has 1 aromatic heterocycles. The van der Waals surface area contributed by atoms with Gasteiger partial charge in [-0.05, 0) is 35.5 Å². The summed E-state index contributed by atoms with van der Waals surface area (Å²) in [6, 6.07) is 13.7. The molecular formula is C19H18ClN7O3. The molecule has 0 spiro atoms. The van der Waals surface area contributed by atoms with Crippen LogP contribution in [0.25, 0.3) is 11.4 Å². The molecule has 1 saturated heterocycles. The van der Waals surface area contributed by atoms with Crippen molar-refractivity contribution in [3.63, 3.8) is 0 Å². The first kappa shape index (κ1) is 19.8. The predicted octanol–water partition coefficient (Wildman–Crippen LogP) is 2.25. The number of carbonyl (C=O) groups is 1. The first-order valence-corrected chi connectivity index (χ1v) is 9.69. The minimum absolute atomic E-state index is 0.0218. The van der Waals surface area contributed by atoms with Gasteiger partial charge in [0.2, 0.25) is 11.7 Å². The standard InChI is InChI=1S/C19H18ClN7O3/c20-15-7-5-14(6-8-15)19-21-23-26(22-19)13-18(28)25-11-9-24(10-12-25)16-3-1-2-4-17(16)27(29)30/h1-8H,9-13H2. The van der Waals surface area contributed by atoms with Crippen LogP contribution in [-0.4, -0.2) is 62.1 Å². The van der Waals surface area contributed by atoms with Crippen molar-refractivity contribution in [1.82, 2.24) is 25.1 Å².